The smallest absolute Gasteiger partial charge is 0.274 e. The van der Waals surface area contributed by atoms with Crippen LogP contribution < -0.4 is 5.32 Å². The molecule has 29 heavy (non-hydrogen) atoms. The first-order valence-electron chi connectivity index (χ1n) is 9.47. The van der Waals surface area contributed by atoms with Crippen molar-refractivity contribution in [1.29, 1.82) is 0 Å². The molecule has 1 aliphatic rings. The summed E-state index contributed by atoms with van der Waals surface area (Å²) in [5, 5.41) is 7.81. The number of amides is 2. The molecule has 1 aliphatic heterocycles. The fraction of sp³-hybridized carbons (Fsp3) is 0.286. The maximum absolute atomic E-state index is 13.1. The van der Waals surface area contributed by atoms with Gasteiger partial charge in [0.05, 0.1) is 12.0 Å². The van der Waals surface area contributed by atoms with Gasteiger partial charge in [0, 0.05) is 37.1 Å². The highest BCUT2D eigenvalue weighted by atomic mass is 35.5. The van der Waals surface area contributed by atoms with Crippen LogP contribution >= 0.6 is 11.6 Å². The molecule has 1 fully saturated rings. The Morgan fingerprint density at radius 1 is 1.17 bits per heavy atom. The van der Waals surface area contributed by atoms with E-state index in [0.717, 1.165) is 5.69 Å². The number of furan rings is 1. The highest BCUT2D eigenvalue weighted by molar-refractivity contribution is 6.30. The molecule has 8 heteroatoms. The number of halogens is 1. The molecular weight excluding hydrogens is 392 g/mol. The molecule has 2 aromatic heterocycles. The van der Waals surface area contributed by atoms with Crippen LogP contribution in [0.25, 0.3) is 17.1 Å². The SMILES string of the molecule is CNC(=O)C1CCN(C(=O)c2cc(-c3ccco3)n(-c3cccc(Cl)c3)n2)CC1. The van der Waals surface area contributed by atoms with Crippen molar-refractivity contribution in [1.82, 2.24) is 20.0 Å². The quantitative estimate of drug-likeness (QED) is 0.712. The van der Waals surface area contributed by atoms with Crippen molar-refractivity contribution in [2.45, 2.75) is 12.8 Å². The molecule has 1 aromatic carbocycles. The fourth-order valence-electron chi connectivity index (χ4n) is 3.60. The lowest BCUT2D eigenvalue weighted by Gasteiger charge is -2.30. The van der Waals surface area contributed by atoms with Gasteiger partial charge in [-0.2, -0.15) is 5.10 Å². The van der Waals surface area contributed by atoms with Gasteiger partial charge in [-0.1, -0.05) is 17.7 Å². The van der Waals surface area contributed by atoms with E-state index in [9.17, 15) is 9.59 Å². The zero-order valence-electron chi connectivity index (χ0n) is 16.0. The summed E-state index contributed by atoms with van der Waals surface area (Å²) in [7, 11) is 1.64. The monoisotopic (exact) mass is 412 g/mol. The number of nitrogens with one attached hydrogen (secondary N) is 1. The van der Waals surface area contributed by atoms with Crippen molar-refractivity contribution in [3.05, 3.63) is 59.4 Å². The van der Waals surface area contributed by atoms with Crippen LogP contribution in [-0.2, 0) is 4.79 Å². The lowest BCUT2D eigenvalue weighted by Crippen LogP contribution is -2.42. The third-order valence-electron chi connectivity index (χ3n) is 5.15. The maximum Gasteiger partial charge on any atom is 0.274 e. The van der Waals surface area contributed by atoms with E-state index in [4.69, 9.17) is 16.0 Å². The number of carbonyl (C=O) groups is 2. The Balaban J connectivity index is 1.62. The van der Waals surface area contributed by atoms with Gasteiger partial charge < -0.3 is 14.6 Å². The highest BCUT2D eigenvalue weighted by Crippen LogP contribution is 2.27. The average molecular weight is 413 g/mol. The van der Waals surface area contributed by atoms with Crippen molar-refractivity contribution in [3.8, 4) is 17.1 Å². The number of hydrogen-bond acceptors (Lipinski definition) is 4. The Kier molecular flexibility index (Phi) is 5.40. The van der Waals surface area contributed by atoms with E-state index < -0.39 is 0 Å². The predicted octanol–water partition coefficient (Wildman–Crippen LogP) is 3.38. The molecule has 3 heterocycles. The zero-order chi connectivity index (χ0) is 20.4. The van der Waals surface area contributed by atoms with Crippen LogP contribution in [0.4, 0.5) is 0 Å². The van der Waals surface area contributed by atoms with Gasteiger partial charge in [-0.25, -0.2) is 4.68 Å². The van der Waals surface area contributed by atoms with Gasteiger partial charge in [-0.3, -0.25) is 9.59 Å². The van der Waals surface area contributed by atoms with Crippen molar-refractivity contribution < 1.29 is 14.0 Å². The molecule has 0 spiro atoms. The third kappa shape index (κ3) is 3.91. The normalized spacial score (nSPS) is 14.8. The summed E-state index contributed by atoms with van der Waals surface area (Å²) >= 11 is 6.14. The third-order valence-corrected chi connectivity index (χ3v) is 5.39. The summed E-state index contributed by atoms with van der Waals surface area (Å²) in [5.41, 5.74) is 1.73. The predicted molar refractivity (Wildman–Crippen MR) is 109 cm³/mol. The van der Waals surface area contributed by atoms with E-state index in [1.165, 1.54) is 0 Å². The maximum atomic E-state index is 13.1. The fourth-order valence-corrected chi connectivity index (χ4v) is 3.79. The summed E-state index contributed by atoms with van der Waals surface area (Å²) in [6.07, 6.45) is 2.87. The van der Waals surface area contributed by atoms with Crippen LogP contribution in [0.2, 0.25) is 5.02 Å². The van der Waals surface area contributed by atoms with Crippen LogP contribution in [0, 0.1) is 5.92 Å². The van der Waals surface area contributed by atoms with Gasteiger partial charge in [-0.15, -0.1) is 0 Å². The average Bonchev–Trinajstić information content (AvgIpc) is 3.42. The lowest BCUT2D eigenvalue weighted by molar-refractivity contribution is -0.125. The van der Waals surface area contributed by atoms with E-state index in [-0.39, 0.29) is 17.7 Å². The van der Waals surface area contributed by atoms with Crippen molar-refractivity contribution in [2.75, 3.05) is 20.1 Å². The van der Waals surface area contributed by atoms with E-state index in [0.29, 0.717) is 48.1 Å². The first-order valence-corrected chi connectivity index (χ1v) is 9.85. The minimum atomic E-state index is -0.158. The van der Waals surface area contributed by atoms with Crippen LogP contribution in [-0.4, -0.2) is 46.6 Å². The zero-order valence-corrected chi connectivity index (χ0v) is 16.7. The molecule has 4 rings (SSSR count). The van der Waals surface area contributed by atoms with E-state index in [1.54, 1.807) is 47.2 Å². The minimum Gasteiger partial charge on any atom is -0.463 e. The molecule has 0 unspecified atom stereocenters. The van der Waals surface area contributed by atoms with Gasteiger partial charge in [0.15, 0.2) is 11.5 Å². The van der Waals surface area contributed by atoms with Gasteiger partial charge >= 0.3 is 0 Å². The molecule has 2 amide bonds. The van der Waals surface area contributed by atoms with E-state index in [2.05, 4.69) is 10.4 Å². The summed E-state index contributed by atoms with van der Waals surface area (Å²) < 4.78 is 7.20. The van der Waals surface area contributed by atoms with Crippen molar-refractivity contribution in [2.24, 2.45) is 5.92 Å². The highest BCUT2D eigenvalue weighted by Gasteiger charge is 2.29. The molecule has 0 atom stereocenters. The summed E-state index contributed by atoms with van der Waals surface area (Å²) in [4.78, 5) is 26.6. The van der Waals surface area contributed by atoms with Crippen LogP contribution in [0.15, 0.2) is 53.1 Å². The van der Waals surface area contributed by atoms with Gasteiger partial charge in [0.1, 0.15) is 5.69 Å². The molecule has 0 bridgehead atoms. The van der Waals surface area contributed by atoms with Crippen LogP contribution in [0.1, 0.15) is 23.3 Å². The molecule has 1 N–H and O–H groups in total. The van der Waals surface area contributed by atoms with Crippen LogP contribution in [0.5, 0.6) is 0 Å². The van der Waals surface area contributed by atoms with Gasteiger partial charge in [-0.05, 0) is 43.2 Å². The Labute approximate surface area is 173 Å². The molecule has 1 saturated heterocycles. The van der Waals surface area contributed by atoms with Crippen LogP contribution in [0.3, 0.4) is 0 Å². The van der Waals surface area contributed by atoms with E-state index >= 15 is 0 Å². The first kappa shape index (κ1) is 19.3. The summed E-state index contributed by atoms with van der Waals surface area (Å²) in [5.74, 6) is 0.429. The first-order chi connectivity index (χ1) is 14.1. The number of nitrogens with zero attached hydrogens (tertiary/aromatic N) is 3. The molecule has 0 radical (unpaired) electrons. The standard InChI is InChI=1S/C21H21ClN4O3/c1-23-20(27)14-7-9-25(10-8-14)21(28)17-13-18(19-6-3-11-29-19)26(24-17)16-5-2-4-15(22)12-16/h2-6,11-14H,7-10H2,1H3,(H,23,27). The number of piperidine rings is 1. The Hall–Kier alpha value is -3.06. The molecule has 0 aliphatic carbocycles. The molecule has 0 saturated carbocycles. The van der Waals surface area contributed by atoms with Crippen molar-refractivity contribution in [3.63, 3.8) is 0 Å². The van der Waals surface area contributed by atoms with Gasteiger partial charge in [0.2, 0.25) is 5.91 Å². The molecule has 7 nitrogen and oxygen atoms in total. The molecule has 3 aromatic rings. The van der Waals surface area contributed by atoms with E-state index in [1.807, 2.05) is 18.2 Å². The van der Waals surface area contributed by atoms with Crippen molar-refractivity contribution >= 4 is 23.4 Å². The Morgan fingerprint density at radius 2 is 1.97 bits per heavy atom. The molecule has 150 valence electrons. The second-order valence-corrected chi connectivity index (χ2v) is 7.40. The number of carbonyl (C=O) groups excluding carboxylic acids is 2. The lowest BCUT2D eigenvalue weighted by atomic mass is 9.96. The summed E-state index contributed by atoms with van der Waals surface area (Å²) in [6, 6.07) is 12.6. The Bertz CT molecular complexity index is 1020. The number of benzene rings is 1. The topological polar surface area (TPSA) is 80.4 Å². The largest absolute Gasteiger partial charge is 0.463 e. The minimum absolute atomic E-state index is 0.0300. The number of aromatic nitrogens is 2. The number of hydrogen-bond donors (Lipinski definition) is 1. The summed E-state index contributed by atoms with van der Waals surface area (Å²) in [6.45, 7) is 1.05. The second kappa shape index (κ2) is 8.13. The molecular formula is C21H21ClN4O3. The number of likely N-dealkylation sites (tertiary alicyclic amines) is 1. The second-order valence-electron chi connectivity index (χ2n) is 6.96. The Morgan fingerprint density at radius 3 is 2.62 bits per heavy atom. The van der Waals surface area contributed by atoms with Gasteiger partial charge in [0.25, 0.3) is 5.91 Å². The number of rotatable bonds is 4.